The van der Waals surface area contributed by atoms with E-state index in [-0.39, 0.29) is 18.7 Å². The normalized spacial score (nSPS) is 12.3. The van der Waals surface area contributed by atoms with Crippen molar-refractivity contribution in [2.45, 2.75) is 22.7 Å². The topological polar surface area (TPSA) is 90.2 Å². The molecule has 0 saturated carbocycles. The summed E-state index contributed by atoms with van der Waals surface area (Å²) < 4.78 is -1.36. The van der Waals surface area contributed by atoms with E-state index >= 15 is 0 Å². The van der Waals surface area contributed by atoms with Crippen LogP contribution in [0.1, 0.15) is 12.8 Å². The fourth-order valence-corrected chi connectivity index (χ4v) is 1.08. The highest BCUT2D eigenvalue weighted by Gasteiger charge is 2.23. The predicted molar refractivity (Wildman–Crippen MR) is 55.8 cm³/mol. The molecule has 0 aromatic carbocycles. The van der Waals surface area contributed by atoms with Gasteiger partial charge in [-0.1, -0.05) is 40.9 Å². The van der Waals surface area contributed by atoms with Crippen molar-refractivity contribution in [2.24, 2.45) is 0 Å². The van der Waals surface area contributed by atoms with Crippen LogP contribution in [0.3, 0.4) is 0 Å². The van der Waals surface area contributed by atoms with E-state index in [4.69, 9.17) is 39.9 Å². The van der Waals surface area contributed by atoms with Gasteiger partial charge >= 0.3 is 0 Å². The summed E-state index contributed by atoms with van der Waals surface area (Å²) in [6, 6.07) is 0. The van der Waals surface area contributed by atoms with Crippen LogP contribution in [0.15, 0.2) is 12.7 Å². The number of aliphatic hydroxyl groups is 1. The lowest BCUT2D eigenvalue weighted by molar-refractivity contribution is 0.169. The van der Waals surface area contributed by atoms with Gasteiger partial charge in [-0.3, -0.25) is 0 Å². The average molecular weight is 238 g/mol. The van der Waals surface area contributed by atoms with Crippen molar-refractivity contribution in [3.8, 4) is 0 Å². The van der Waals surface area contributed by atoms with Crippen LogP contribution in [-0.2, 0) is 0 Å². The molecule has 0 bridgehead atoms. The van der Waals surface area contributed by atoms with Crippen molar-refractivity contribution in [3.05, 3.63) is 12.7 Å². The molecule has 0 rings (SSSR count). The predicted octanol–water partition coefficient (Wildman–Crippen LogP) is 3.01. The molecule has 0 heterocycles. The standard InChI is InChI=1S/C6H9Cl3O.2H3N/c1-2-3-5(10)4-6(7,8)9;;/h2,5,10H,1,3-4H2;2*1H3. The molecule has 0 aliphatic rings. The first-order valence-corrected chi connectivity index (χ1v) is 3.95. The molecule has 3 nitrogen and oxygen atoms in total. The summed E-state index contributed by atoms with van der Waals surface area (Å²) in [5.74, 6) is 0. The van der Waals surface area contributed by atoms with Crippen LogP contribution in [0.25, 0.3) is 0 Å². The molecule has 0 aromatic heterocycles. The molecule has 0 spiro atoms. The largest absolute Gasteiger partial charge is 0.393 e. The van der Waals surface area contributed by atoms with Crippen LogP contribution >= 0.6 is 34.8 Å². The maximum atomic E-state index is 9.06. The molecule has 0 aliphatic heterocycles. The van der Waals surface area contributed by atoms with Crippen LogP contribution in [-0.4, -0.2) is 15.0 Å². The Morgan fingerprint density at radius 3 is 2.00 bits per heavy atom. The summed E-state index contributed by atoms with van der Waals surface area (Å²) in [7, 11) is 0. The first-order chi connectivity index (χ1) is 4.45. The van der Waals surface area contributed by atoms with Crippen LogP contribution in [0.4, 0.5) is 0 Å². The Hall–Kier alpha value is 0.490. The smallest absolute Gasteiger partial charge is 0.193 e. The fourth-order valence-electron chi connectivity index (χ4n) is 0.543. The Bertz CT molecular complexity index is 116. The lowest BCUT2D eigenvalue weighted by atomic mass is 10.2. The first kappa shape index (κ1) is 18.3. The van der Waals surface area contributed by atoms with Gasteiger partial charge in [-0.2, -0.15) is 0 Å². The Morgan fingerprint density at radius 2 is 1.75 bits per heavy atom. The second kappa shape index (κ2) is 8.10. The number of rotatable bonds is 3. The van der Waals surface area contributed by atoms with E-state index < -0.39 is 9.90 Å². The zero-order valence-corrected chi connectivity index (χ0v) is 9.04. The van der Waals surface area contributed by atoms with Crippen LogP contribution in [0.5, 0.6) is 0 Å². The molecule has 76 valence electrons. The first-order valence-electron chi connectivity index (χ1n) is 2.81. The van der Waals surface area contributed by atoms with E-state index in [0.717, 1.165) is 0 Å². The second-order valence-electron chi connectivity index (χ2n) is 2.00. The van der Waals surface area contributed by atoms with Gasteiger partial charge in [0.2, 0.25) is 0 Å². The van der Waals surface area contributed by atoms with Gasteiger partial charge in [0.25, 0.3) is 0 Å². The lowest BCUT2D eigenvalue weighted by Gasteiger charge is -2.14. The van der Waals surface area contributed by atoms with Crippen molar-refractivity contribution >= 4 is 34.8 Å². The number of halogens is 3. The molecule has 0 fully saturated rings. The average Bonchev–Trinajstić information content (AvgIpc) is 1.59. The fraction of sp³-hybridized carbons (Fsp3) is 0.667. The summed E-state index contributed by atoms with van der Waals surface area (Å²) in [6.45, 7) is 3.44. The third-order valence-corrected chi connectivity index (χ3v) is 1.37. The zero-order valence-electron chi connectivity index (χ0n) is 6.77. The Kier molecular flexibility index (Phi) is 12.4. The van der Waals surface area contributed by atoms with Crippen LogP contribution < -0.4 is 12.3 Å². The van der Waals surface area contributed by atoms with Gasteiger partial charge in [-0.15, -0.1) is 6.58 Å². The van der Waals surface area contributed by atoms with Gasteiger partial charge in [0.05, 0.1) is 6.10 Å². The Balaban J connectivity index is -0.000000405. The van der Waals surface area contributed by atoms with Gasteiger partial charge in [-0.25, -0.2) is 0 Å². The summed E-state index contributed by atoms with van der Waals surface area (Å²) in [6.07, 6.45) is 1.57. The van der Waals surface area contributed by atoms with E-state index in [1.54, 1.807) is 6.08 Å². The van der Waals surface area contributed by atoms with Crippen LogP contribution in [0, 0.1) is 0 Å². The van der Waals surface area contributed by atoms with E-state index in [0.29, 0.717) is 6.42 Å². The van der Waals surface area contributed by atoms with Gasteiger partial charge in [0, 0.05) is 6.42 Å². The molecule has 1 unspecified atom stereocenters. The van der Waals surface area contributed by atoms with E-state index in [1.807, 2.05) is 0 Å². The SMILES string of the molecule is C=CCC(O)CC(Cl)(Cl)Cl.N.N. The molecule has 0 amide bonds. The zero-order chi connectivity index (χ0) is 8.20. The Labute approximate surface area is 87.8 Å². The third-order valence-electron chi connectivity index (χ3n) is 0.906. The van der Waals surface area contributed by atoms with Crippen molar-refractivity contribution in [3.63, 3.8) is 0 Å². The van der Waals surface area contributed by atoms with Gasteiger partial charge in [0.15, 0.2) is 3.79 Å². The maximum absolute atomic E-state index is 9.06. The monoisotopic (exact) mass is 236 g/mol. The minimum absolute atomic E-state index is 0. The van der Waals surface area contributed by atoms with Gasteiger partial charge in [0.1, 0.15) is 0 Å². The highest BCUT2D eigenvalue weighted by molar-refractivity contribution is 6.67. The van der Waals surface area contributed by atoms with Crippen molar-refractivity contribution in [1.29, 1.82) is 0 Å². The summed E-state index contributed by atoms with van der Waals surface area (Å²) in [5, 5.41) is 9.06. The molecule has 0 radical (unpaired) electrons. The molecule has 0 aromatic rings. The molecule has 1 atom stereocenters. The molecule has 6 heteroatoms. The molecule has 0 saturated heterocycles. The summed E-state index contributed by atoms with van der Waals surface area (Å²) >= 11 is 16.2. The molecule has 0 aliphatic carbocycles. The van der Waals surface area contributed by atoms with Gasteiger partial charge < -0.3 is 17.4 Å². The highest BCUT2D eigenvalue weighted by atomic mass is 35.6. The third kappa shape index (κ3) is 13.1. The number of hydrogen-bond donors (Lipinski definition) is 3. The second-order valence-corrected chi connectivity index (χ2v) is 4.51. The summed E-state index contributed by atoms with van der Waals surface area (Å²) in [4.78, 5) is 0. The van der Waals surface area contributed by atoms with Gasteiger partial charge in [-0.05, 0) is 6.42 Å². The van der Waals surface area contributed by atoms with E-state index in [1.165, 1.54) is 0 Å². The van der Waals surface area contributed by atoms with Crippen molar-refractivity contribution < 1.29 is 5.11 Å². The van der Waals surface area contributed by atoms with E-state index in [9.17, 15) is 0 Å². The number of alkyl halides is 3. The van der Waals surface area contributed by atoms with Crippen molar-refractivity contribution in [2.75, 3.05) is 0 Å². The molecule has 7 N–H and O–H groups in total. The lowest BCUT2D eigenvalue weighted by Crippen LogP contribution is -2.15. The minimum atomic E-state index is -1.36. The molecule has 12 heavy (non-hydrogen) atoms. The highest BCUT2D eigenvalue weighted by Crippen LogP contribution is 2.31. The number of aliphatic hydroxyl groups excluding tert-OH is 1. The van der Waals surface area contributed by atoms with Crippen molar-refractivity contribution in [1.82, 2.24) is 12.3 Å². The molecular formula is C6H15Cl3N2O. The minimum Gasteiger partial charge on any atom is -0.393 e. The molecular weight excluding hydrogens is 222 g/mol. The maximum Gasteiger partial charge on any atom is 0.193 e. The van der Waals surface area contributed by atoms with Crippen LogP contribution in [0.2, 0.25) is 0 Å². The van der Waals surface area contributed by atoms with E-state index in [2.05, 4.69) is 6.58 Å². The number of hydrogen-bond acceptors (Lipinski definition) is 3. The Morgan fingerprint density at radius 1 is 1.33 bits per heavy atom. The summed E-state index contributed by atoms with van der Waals surface area (Å²) in [5.41, 5.74) is 0. The quantitative estimate of drug-likeness (QED) is 0.520.